The predicted octanol–water partition coefficient (Wildman–Crippen LogP) is -0.214. The summed E-state index contributed by atoms with van der Waals surface area (Å²) in [4.78, 5) is 25.0. The van der Waals surface area contributed by atoms with Gasteiger partial charge in [0.2, 0.25) is 5.95 Å². The normalized spacial score (nSPS) is 11.9. The number of pyridine rings is 1. The van der Waals surface area contributed by atoms with Crippen LogP contribution in [-0.2, 0) is 4.79 Å². The lowest BCUT2D eigenvalue weighted by Crippen LogP contribution is -2.30. The molecule has 0 saturated heterocycles. The summed E-state index contributed by atoms with van der Waals surface area (Å²) in [6.45, 7) is 0.00365. The molecule has 7 heteroatoms. The van der Waals surface area contributed by atoms with Gasteiger partial charge in [0, 0.05) is 19.2 Å². The minimum atomic E-state index is -1.51. The Labute approximate surface area is 96.1 Å². The lowest BCUT2D eigenvalue weighted by Gasteiger charge is -2.07. The van der Waals surface area contributed by atoms with E-state index in [0.29, 0.717) is 0 Å². The first-order valence-corrected chi connectivity index (χ1v) is 4.81. The number of halogens is 1. The highest BCUT2D eigenvalue weighted by Gasteiger charge is 2.13. The third kappa shape index (κ3) is 4.15. The van der Waals surface area contributed by atoms with Crippen molar-refractivity contribution in [3.8, 4) is 0 Å². The highest BCUT2D eigenvalue weighted by molar-refractivity contribution is 5.93. The van der Waals surface area contributed by atoms with E-state index in [-0.39, 0.29) is 18.5 Å². The number of carboxylic acid groups (broad SMARTS) is 1. The second kappa shape index (κ2) is 5.90. The van der Waals surface area contributed by atoms with Crippen molar-refractivity contribution in [2.45, 2.75) is 12.5 Å². The highest BCUT2D eigenvalue weighted by atomic mass is 19.1. The molecule has 17 heavy (non-hydrogen) atoms. The van der Waals surface area contributed by atoms with E-state index >= 15 is 0 Å². The smallest absolute Gasteiger partial charge is 0.332 e. The van der Waals surface area contributed by atoms with Crippen molar-refractivity contribution in [2.24, 2.45) is 0 Å². The number of aliphatic hydroxyl groups excluding tert-OH is 1. The lowest BCUT2D eigenvalue weighted by atomic mass is 10.2. The molecule has 0 saturated carbocycles. The van der Waals surface area contributed by atoms with Gasteiger partial charge < -0.3 is 15.5 Å². The van der Waals surface area contributed by atoms with Crippen LogP contribution in [-0.4, -0.2) is 39.7 Å². The Morgan fingerprint density at radius 2 is 2.18 bits per heavy atom. The maximum Gasteiger partial charge on any atom is 0.332 e. The van der Waals surface area contributed by atoms with Crippen LogP contribution >= 0.6 is 0 Å². The summed E-state index contributed by atoms with van der Waals surface area (Å²) in [5.41, 5.74) is 0.163. The monoisotopic (exact) mass is 242 g/mol. The van der Waals surface area contributed by atoms with Gasteiger partial charge in [0.05, 0.1) is 5.56 Å². The first-order valence-electron chi connectivity index (χ1n) is 4.81. The third-order valence-corrected chi connectivity index (χ3v) is 1.98. The molecular weight excluding hydrogens is 231 g/mol. The predicted molar refractivity (Wildman–Crippen MR) is 54.8 cm³/mol. The molecule has 3 N–H and O–H groups in total. The molecule has 1 heterocycles. The van der Waals surface area contributed by atoms with Gasteiger partial charge in [-0.15, -0.1) is 0 Å². The van der Waals surface area contributed by atoms with Crippen LogP contribution in [0.5, 0.6) is 0 Å². The second-order valence-corrected chi connectivity index (χ2v) is 3.27. The number of aromatic nitrogens is 1. The number of aliphatic carboxylic acids is 1. The number of carbonyl (C=O) groups is 2. The average Bonchev–Trinajstić information content (AvgIpc) is 2.29. The Bertz CT molecular complexity index is 407. The van der Waals surface area contributed by atoms with Gasteiger partial charge in [-0.2, -0.15) is 4.39 Å². The van der Waals surface area contributed by atoms with Gasteiger partial charge in [-0.05, 0) is 12.1 Å². The number of amides is 1. The highest BCUT2D eigenvalue weighted by Crippen LogP contribution is 1.99. The van der Waals surface area contributed by atoms with Gasteiger partial charge in [-0.1, -0.05) is 0 Å². The molecule has 1 rings (SSSR count). The van der Waals surface area contributed by atoms with Crippen molar-refractivity contribution in [2.75, 3.05) is 6.54 Å². The topological polar surface area (TPSA) is 99.5 Å². The summed E-state index contributed by atoms with van der Waals surface area (Å²) >= 11 is 0. The fourth-order valence-corrected chi connectivity index (χ4v) is 1.06. The number of nitrogens with one attached hydrogen (secondary N) is 1. The number of carboxylic acids is 1. The Morgan fingerprint density at radius 1 is 1.47 bits per heavy atom. The molecule has 1 atom stereocenters. The molecule has 0 aliphatic carbocycles. The zero-order valence-electron chi connectivity index (χ0n) is 8.76. The van der Waals surface area contributed by atoms with Gasteiger partial charge in [-0.3, -0.25) is 4.79 Å². The standard InChI is InChI=1S/C10H11FN2O4/c11-8-2-1-6(5-13-8)9(15)12-4-3-7(14)10(16)17/h1-2,5,7,14H,3-4H2,(H,12,15)(H,16,17). The van der Waals surface area contributed by atoms with Crippen molar-refractivity contribution in [3.05, 3.63) is 29.8 Å². The van der Waals surface area contributed by atoms with Crippen LogP contribution in [0.25, 0.3) is 0 Å². The molecule has 0 aromatic carbocycles. The number of aliphatic hydroxyl groups is 1. The van der Waals surface area contributed by atoms with Crippen LogP contribution in [0.1, 0.15) is 16.8 Å². The SMILES string of the molecule is O=C(NCCC(O)C(=O)O)c1ccc(F)nc1. The van der Waals surface area contributed by atoms with E-state index in [1.165, 1.54) is 6.07 Å². The van der Waals surface area contributed by atoms with Crippen molar-refractivity contribution in [1.29, 1.82) is 0 Å². The molecule has 1 amide bonds. The maximum atomic E-state index is 12.5. The molecule has 1 aromatic heterocycles. The Kier molecular flexibility index (Phi) is 4.53. The summed E-state index contributed by atoms with van der Waals surface area (Å²) < 4.78 is 12.5. The molecule has 92 valence electrons. The van der Waals surface area contributed by atoms with E-state index < -0.39 is 23.9 Å². The van der Waals surface area contributed by atoms with Gasteiger partial charge >= 0.3 is 5.97 Å². The Balaban J connectivity index is 2.40. The molecule has 0 spiro atoms. The molecule has 0 aliphatic rings. The fourth-order valence-electron chi connectivity index (χ4n) is 1.06. The summed E-state index contributed by atoms with van der Waals surface area (Å²) in [5.74, 6) is -2.54. The summed E-state index contributed by atoms with van der Waals surface area (Å²) in [5, 5.41) is 19.7. The van der Waals surface area contributed by atoms with Crippen LogP contribution in [0.3, 0.4) is 0 Å². The van der Waals surface area contributed by atoms with E-state index in [4.69, 9.17) is 10.2 Å². The Morgan fingerprint density at radius 3 is 2.71 bits per heavy atom. The van der Waals surface area contributed by atoms with Crippen molar-refractivity contribution >= 4 is 11.9 Å². The van der Waals surface area contributed by atoms with E-state index in [2.05, 4.69) is 10.3 Å². The van der Waals surface area contributed by atoms with E-state index in [1.54, 1.807) is 0 Å². The van der Waals surface area contributed by atoms with E-state index in [1.807, 2.05) is 0 Å². The molecule has 0 bridgehead atoms. The molecular formula is C10H11FN2O4. The zero-order chi connectivity index (χ0) is 12.8. The number of rotatable bonds is 5. The Hall–Kier alpha value is -2.02. The van der Waals surface area contributed by atoms with Crippen molar-refractivity contribution in [3.63, 3.8) is 0 Å². The first-order chi connectivity index (χ1) is 8.00. The van der Waals surface area contributed by atoms with E-state index in [0.717, 1.165) is 12.3 Å². The van der Waals surface area contributed by atoms with Gasteiger partial charge in [-0.25, -0.2) is 9.78 Å². The van der Waals surface area contributed by atoms with Gasteiger partial charge in [0.15, 0.2) is 6.10 Å². The van der Waals surface area contributed by atoms with Crippen LogP contribution in [0.2, 0.25) is 0 Å². The lowest BCUT2D eigenvalue weighted by molar-refractivity contribution is -0.146. The van der Waals surface area contributed by atoms with Crippen LogP contribution in [0, 0.1) is 5.95 Å². The molecule has 1 aromatic rings. The summed E-state index contributed by atoms with van der Waals surface area (Å²) in [6, 6.07) is 2.30. The van der Waals surface area contributed by atoms with E-state index in [9.17, 15) is 14.0 Å². The molecule has 0 aliphatic heterocycles. The number of hydrogen-bond donors (Lipinski definition) is 3. The minimum Gasteiger partial charge on any atom is -0.479 e. The van der Waals surface area contributed by atoms with Gasteiger partial charge in [0.25, 0.3) is 5.91 Å². The third-order valence-electron chi connectivity index (χ3n) is 1.98. The quantitative estimate of drug-likeness (QED) is 0.620. The van der Waals surface area contributed by atoms with Crippen LogP contribution < -0.4 is 5.32 Å². The van der Waals surface area contributed by atoms with Crippen molar-refractivity contribution < 1.29 is 24.2 Å². The zero-order valence-corrected chi connectivity index (χ0v) is 8.76. The molecule has 6 nitrogen and oxygen atoms in total. The van der Waals surface area contributed by atoms with Crippen molar-refractivity contribution in [1.82, 2.24) is 10.3 Å². The van der Waals surface area contributed by atoms with Crippen LogP contribution in [0.15, 0.2) is 18.3 Å². The molecule has 0 radical (unpaired) electrons. The largest absolute Gasteiger partial charge is 0.479 e. The minimum absolute atomic E-state index is 0.00365. The second-order valence-electron chi connectivity index (χ2n) is 3.27. The molecule has 1 unspecified atom stereocenters. The first kappa shape index (κ1) is 13.0. The van der Waals surface area contributed by atoms with Crippen LogP contribution in [0.4, 0.5) is 4.39 Å². The van der Waals surface area contributed by atoms with Gasteiger partial charge in [0.1, 0.15) is 0 Å². The summed E-state index contributed by atoms with van der Waals surface area (Å²) in [7, 11) is 0. The maximum absolute atomic E-state index is 12.5. The summed E-state index contributed by atoms with van der Waals surface area (Å²) in [6.07, 6.45) is -0.546. The number of carbonyl (C=O) groups excluding carboxylic acids is 1. The number of hydrogen-bond acceptors (Lipinski definition) is 4. The fraction of sp³-hybridized carbons (Fsp3) is 0.300. The average molecular weight is 242 g/mol. The molecule has 0 fully saturated rings. The number of nitrogens with zero attached hydrogens (tertiary/aromatic N) is 1.